The number of guanidine groups is 1. The number of fused-ring (bicyclic) bond motifs is 1. The molecule has 1 aliphatic rings. The Bertz CT molecular complexity index is 1020. The number of hydrogen-bond donors (Lipinski definition) is 3. The van der Waals surface area contributed by atoms with Crippen LogP contribution in [0.4, 0.5) is 17.6 Å². The van der Waals surface area contributed by atoms with Crippen LogP contribution in [-0.2, 0) is 16.4 Å². The van der Waals surface area contributed by atoms with E-state index in [-0.39, 0.29) is 61.8 Å². The van der Waals surface area contributed by atoms with Gasteiger partial charge in [-0.15, -0.1) is 24.0 Å². The van der Waals surface area contributed by atoms with Crippen LogP contribution < -0.4 is 10.6 Å². The molecule has 1 saturated heterocycles. The third-order valence-electron chi connectivity index (χ3n) is 5.07. The van der Waals surface area contributed by atoms with Crippen molar-refractivity contribution in [2.24, 2.45) is 4.99 Å². The van der Waals surface area contributed by atoms with Crippen LogP contribution in [0.3, 0.4) is 0 Å². The maximum absolute atomic E-state index is 13.5. The van der Waals surface area contributed by atoms with Crippen molar-refractivity contribution in [3.8, 4) is 0 Å². The standard InChI is InChI=1S/C18H23F4N5O2S.HI/c1-23-17(24-7-4-12-11-25-16-3-2-13(19)10-15(12)16)26-14-5-8-27(9-6-14)30(28,29)18(20,21)22;/h2-3,10-11,14,25H,4-9H2,1H3,(H2,23,24,26);1H. The lowest BCUT2D eigenvalue weighted by atomic mass is 10.1. The van der Waals surface area contributed by atoms with E-state index in [2.05, 4.69) is 20.6 Å². The highest BCUT2D eigenvalue weighted by Crippen LogP contribution is 2.29. The van der Waals surface area contributed by atoms with E-state index in [9.17, 15) is 26.0 Å². The van der Waals surface area contributed by atoms with Crippen molar-refractivity contribution in [2.75, 3.05) is 26.7 Å². The van der Waals surface area contributed by atoms with E-state index in [4.69, 9.17) is 0 Å². The second-order valence-corrected chi connectivity index (χ2v) is 8.95. The van der Waals surface area contributed by atoms with Crippen molar-refractivity contribution in [3.63, 3.8) is 0 Å². The van der Waals surface area contributed by atoms with Crippen molar-refractivity contribution in [2.45, 2.75) is 30.8 Å². The molecule has 0 aliphatic carbocycles. The van der Waals surface area contributed by atoms with Gasteiger partial charge in [-0.05, 0) is 43.0 Å². The highest BCUT2D eigenvalue weighted by Gasteiger charge is 2.50. The second kappa shape index (κ2) is 10.3. The molecule has 13 heteroatoms. The van der Waals surface area contributed by atoms with Crippen molar-refractivity contribution in [1.29, 1.82) is 0 Å². The van der Waals surface area contributed by atoms with E-state index in [1.165, 1.54) is 12.1 Å². The largest absolute Gasteiger partial charge is 0.511 e. The first-order valence-corrected chi connectivity index (χ1v) is 10.8. The van der Waals surface area contributed by atoms with Crippen LogP contribution in [0, 0.1) is 5.82 Å². The Morgan fingerprint density at radius 1 is 1.29 bits per heavy atom. The van der Waals surface area contributed by atoms with Crippen LogP contribution in [0.5, 0.6) is 0 Å². The molecule has 1 fully saturated rings. The number of benzene rings is 1. The molecule has 1 aromatic carbocycles. The quantitative estimate of drug-likeness (QED) is 0.221. The fourth-order valence-electron chi connectivity index (χ4n) is 3.45. The first kappa shape index (κ1) is 25.6. The normalized spacial score (nSPS) is 16.9. The fourth-order valence-corrected chi connectivity index (χ4v) is 4.43. The van der Waals surface area contributed by atoms with E-state index in [0.717, 1.165) is 16.5 Å². The molecule has 0 bridgehead atoms. The molecule has 1 aliphatic heterocycles. The molecule has 0 spiro atoms. The Labute approximate surface area is 194 Å². The molecule has 0 atom stereocenters. The lowest BCUT2D eigenvalue weighted by Gasteiger charge is -2.32. The average Bonchev–Trinajstić information content (AvgIpc) is 3.09. The van der Waals surface area contributed by atoms with Gasteiger partial charge in [0.25, 0.3) is 0 Å². The van der Waals surface area contributed by atoms with Gasteiger partial charge in [-0.25, -0.2) is 12.8 Å². The molecule has 3 N–H and O–H groups in total. The summed E-state index contributed by atoms with van der Waals surface area (Å²) >= 11 is 0. The van der Waals surface area contributed by atoms with Crippen molar-refractivity contribution in [1.82, 2.24) is 19.9 Å². The monoisotopic (exact) mass is 577 g/mol. The molecule has 31 heavy (non-hydrogen) atoms. The van der Waals surface area contributed by atoms with E-state index in [1.54, 1.807) is 13.1 Å². The number of H-pyrrole nitrogens is 1. The number of sulfonamides is 1. The Morgan fingerprint density at radius 3 is 2.58 bits per heavy atom. The Hall–Kier alpha value is -1.61. The highest BCUT2D eigenvalue weighted by atomic mass is 127. The minimum Gasteiger partial charge on any atom is -0.361 e. The molecule has 2 aromatic rings. The third-order valence-corrected chi connectivity index (χ3v) is 6.70. The summed E-state index contributed by atoms with van der Waals surface area (Å²) in [7, 11) is -3.72. The number of nitrogens with zero attached hydrogens (tertiary/aromatic N) is 2. The summed E-state index contributed by atoms with van der Waals surface area (Å²) in [6.07, 6.45) is 2.89. The molecule has 0 unspecified atom stereocenters. The predicted octanol–water partition coefficient (Wildman–Crippen LogP) is 2.95. The number of alkyl halides is 3. The van der Waals surface area contributed by atoms with Crippen molar-refractivity contribution < 1.29 is 26.0 Å². The maximum Gasteiger partial charge on any atom is 0.511 e. The van der Waals surface area contributed by atoms with Crippen molar-refractivity contribution in [3.05, 3.63) is 35.8 Å². The van der Waals surface area contributed by atoms with E-state index in [1.807, 2.05) is 6.20 Å². The van der Waals surface area contributed by atoms with Gasteiger partial charge in [0, 0.05) is 49.8 Å². The summed E-state index contributed by atoms with van der Waals surface area (Å²) in [6.45, 7) is 0.0826. The number of aliphatic imine (C=N–C) groups is 1. The third kappa shape index (κ3) is 6.00. The van der Waals surface area contributed by atoms with Gasteiger partial charge in [-0.2, -0.15) is 17.5 Å². The molecule has 1 aromatic heterocycles. The SMILES string of the molecule is CN=C(NCCc1c[nH]c2ccc(F)cc12)NC1CCN(S(=O)(=O)C(F)(F)F)CC1.I. The van der Waals surface area contributed by atoms with Gasteiger partial charge in [-0.1, -0.05) is 0 Å². The summed E-state index contributed by atoms with van der Waals surface area (Å²) in [5.74, 6) is 0.158. The predicted molar refractivity (Wildman–Crippen MR) is 121 cm³/mol. The maximum atomic E-state index is 13.5. The zero-order valence-corrected chi connectivity index (χ0v) is 19.8. The van der Waals surface area contributed by atoms with Crippen LogP contribution in [-0.4, -0.2) is 61.9 Å². The molecule has 0 radical (unpaired) electrons. The Kier molecular flexibility index (Phi) is 8.55. The van der Waals surface area contributed by atoms with Crippen LogP contribution >= 0.6 is 24.0 Å². The lowest BCUT2D eigenvalue weighted by molar-refractivity contribution is -0.0494. The molecule has 2 heterocycles. The Balaban J connectivity index is 0.00000341. The van der Waals surface area contributed by atoms with Gasteiger partial charge in [0.2, 0.25) is 0 Å². The highest BCUT2D eigenvalue weighted by molar-refractivity contribution is 14.0. The number of piperidine rings is 1. The summed E-state index contributed by atoms with van der Waals surface area (Å²) in [5.41, 5.74) is -3.50. The molecule has 7 nitrogen and oxygen atoms in total. The average molecular weight is 577 g/mol. The summed E-state index contributed by atoms with van der Waals surface area (Å²) < 4.78 is 74.9. The number of nitrogens with one attached hydrogen (secondary N) is 3. The van der Waals surface area contributed by atoms with E-state index >= 15 is 0 Å². The van der Waals surface area contributed by atoms with Gasteiger partial charge in [0.15, 0.2) is 5.96 Å². The summed E-state index contributed by atoms with van der Waals surface area (Å²) in [6, 6.07) is 4.33. The summed E-state index contributed by atoms with van der Waals surface area (Å²) in [4.78, 5) is 7.19. The van der Waals surface area contributed by atoms with Gasteiger partial charge >= 0.3 is 15.5 Å². The smallest absolute Gasteiger partial charge is 0.361 e. The minimum absolute atomic E-state index is 0. The fraction of sp³-hybridized carbons (Fsp3) is 0.500. The van der Waals surface area contributed by atoms with Gasteiger partial charge in [0.1, 0.15) is 5.82 Å². The zero-order chi connectivity index (χ0) is 21.9. The van der Waals surface area contributed by atoms with Gasteiger partial charge in [-0.3, -0.25) is 4.99 Å². The molecular weight excluding hydrogens is 553 g/mol. The Morgan fingerprint density at radius 2 is 1.97 bits per heavy atom. The number of aromatic amines is 1. The first-order valence-electron chi connectivity index (χ1n) is 9.41. The van der Waals surface area contributed by atoms with Crippen LogP contribution in [0.15, 0.2) is 29.4 Å². The first-order chi connectivity index (χ1) is 14.1. The molecule has 0 amide bonds. The number of rotatable bonds is 5. The zero-order valence-electron chi connectivity index (χ0n) is 16.7. The van der Waals surface area contributed by atoms with Gasteiger partial charge < -0.3 is 15.6 Å². The lowest BCUT2D eigenvalue weighted by Crippen LogP contribution is -2.51. The second-order valence-electron chi connectivity index (χ2n) is 7.02. The minimum atomic E-state index is -5.29. The molecule has 174 valence electrons. The van der Waals surface area contributed by atoms with Crippen LogP contribution in [0.2, 0.25) is 0 Å². The molecule has 0 saturated carbocycles. The number of aromatic nitrogens is 1. The van der Waals surface area contributed by atoms with Gasteiger partial charge in [0.05, 0.1) is 0 Å². The van der Waals surface area contributed by atoms with E-state index < -0.39 is 15.5 Å². The van der Waals surface area contributed by atoms with Crippen molar-refractivity contribution >= 4 is 50.9 Å². The van der Waals surface area contributed by atoms with E-state index in [0.29, 0.717) is 23.2 Å². The summed E-state index contributed by atoms with van der Waals surface area (Å²) in [5, 5.41) is 7.03. The molecular formula is C18H24F4IN5O2S. The molecule has 3 rings (SSSR count). The van der Waals surface area contributed by atoms with Crippen LogP contribution in [0.1, 0.15) is 18.4 Å². The number of halogens is 5. The topological polar surface area (TPSA) is 89.6 Å². The number of hydrogen-bond acceptors (Lipinski definition) is 3. The van der Waals surface area contributed by atoms with Crippen LogP contribution in [0.25, 0.3) is 10.9 Å².